The van der Waals surface area contributed by atoms with Crippen LogP contribution in [0.4, 0.5) is 0 Å². The van der Waals surface area contributed by atoms with E-state index in [1.165, 1.54) is 6.20 Å². The number of aliphatic hydroxyl groups excluding tert-OH is 1. The van der Waals surface area contributed by atoms with Gasteiger partial charge in [0.2, 0.25) is 0 Å². The number of rotatable bonds is 4. The van der Waals surface area contributed by atoms with E-state index in [4.69, 9.17) is 5.11 Å². The van der Waals surface area contributed by atoms with Crippen LogP contribution in [0.1, 0.15) is 25.8 Å². The molecule has 2 N–H and O–H groups in total. The molecular formula is C9H16N2O3S2. The van der Waals surface area contributed by atoms with Crippen LogP contribution in [0.25, 0.3) is 0 Å². The Morgan fingerprint density at radius 3 is 2.62 bits per heavy atom. The molecule has 0 aliphatic heterocycles. The predicted octanol–water partition coefficient (Wildman–Crippen LogP) is 0.755. The number of sulfonamides is 1. The lowest BCUT2D eigenvalue weighted by Crippen LogP contribution is -2.40. The van der Waals surface area contributed by atoms with E-state index in [2.05, 4.69) is 9.71 Å². The maximum Gasteiger partial charge on any atom is 0.252 e. The Hall–Kier alpha value is -0.500. The molecule has 7 heteroatoms. The summed E-state index contributed by atoms with van der Waals surface area (Å²) in [4.78, 5) is 3.94. The zero-order chi connectivity index (χ0) is 12.4. The molecule has 0 bridgehead atoms. The third-order valence-corrected chi connectivity index (χ3v) is 4.84. The zero-order valence-electron chi connectivity index (χ0n) is 9.52. The molecule has 0 spiro atoms. The van der Waals surface area contributed by atoms with Gasteiger partial charge in [0.25, 0.3) is 10.0 Å². The largest absolute Gasteiger partial charge is 0.396 e. The predicted molar refractivity (Wildman–Crippen MR) is 63.0 cm³/mol. The highest BCUT2D eigenvalue weighted by Crippen LogP contribution is 2.20. The molecule has 1 rings (SSSR count). The van der Waals surface area contributed by atoms with Crippen LogP contribution in [0.15, 0.2) is 10.4 Å². The summed E-state index contributed by atoms with van der Waals surface area (Å²) in [6.07, 6.45) is 1.71. The third kappa shape index (κ3) is 3.82. The van der Waals surface area contributed by atoms with E-state index in [1.807, 2.05) is 0 Å². The molecule has 92 valence electrons. The fourth-order valence-corrected chi connectivity index (χ4v) is 3.67. The number of aromatic nitrogens is 1. The molecule has 0 radical (unpaired) electrons. The van der Waals surface area contributed by atoms with Crippen LogP contribution in [-0.2, 0) is 16.4 Å². The number of thiazole rings is 1. The van der Waals surface area contributed by atoms with Crippen molar-refractivity contribution in [3.8, 4) is 0 Å². The van der Waals surface area contributed by atoms with E-state index in [0.717, 1.165) is 11.3 Å². The van der Waals surface area contributed by atoms with Crippen LogP contribution in [-0.4, -0.2) is 30.7 Å². The van der Waals surface area contributed by atoms with Crippen molar-refractivity contribution in [1.82, 2.24) is 9.71 Å². The lowest BCUT2D eigenvalue weighted by molar-refractivity contribution is 0.299. The van der Waals surface area contributed by atoms with Crippen molar-refractivity contribution >= 4 is 21.4 Å². The third-order valence-electron chi connectivity index (χ3n) is 1.56. The van der Waals surface area contributed by atoms with Crippen molar-refractivity contribution in [2.75, 3.05) is 6.61 Å². The van der Waals surface area contributed by atoms with Gasteiger partial charge in [-0.05, 0) is 20.8 Å². The van der Waals surface area contributed by atoms with Crippen molar-refractivity contribution in [2.24, 2.45) is 0 Å². The van der Waals surface area contributed by atoms with Gasteiger partial charge in [0.05, 0.1) is 11.2 Å². The second kappa shape index (κ2) is 4.79. The Bertz CT molecular complexity index is 446. The van der Waals surface area contributed by atoms with Crippen LogP contribution in [0, 0.1) is 0 Å². The maximum absolute atomic E-state index is 11.9. The minimum absolute atomic E-state index is 0.0281. The molecule has 0 fully saturated rings. The van der Waals surface area contributed by atoms with Gasteiger partial charge < -0.3 is 5.11 Å². The van der Waals surface area contributed by atoms with Crippen molar-refractivity contribution < 1.29 is 13.5 Å². The van der Waals surface area contributed by atoms with Gasteiger partial charge >= 0.3 is 0 Å². The highest BCUT2D eigenvalue weighted by Gasteiger charge is 2.23. The molecule has 0 saturated heterocycles. The lowest BCUT2D eigenvalue weighted by Gasteiger charge is -2.19. The minimum Gasteiger partial charge on any atom is -0.396 e. The highest BCUT2D eigenvalue weighted by molar-refractivity contribution is 7.91. The van der Waals surface area contributed by atoms with Crippen LogP contribution in [0.2, 0.25) is 0 Å². The molecule has 1 aromatic rings. The van der Waals surface area contributed by atoms with Gasteiger partial charge in [-0.2, -0.15) is 0 Å². The van der Waals surface area contributed by atoms with E-state index in [9.17, 15) is 8.42 Å². The fourth-order valence-electron chi connectivity index (χ4n) is 1.08. The monoisotopic (exact) mass is 264 g/mol. The first-order valence-electron chi connectivity index (χ1n) is 4.84. The Morgan fingerprint density at radius 1 is 1.50 bits per heavy atom. The number of hydrogen-bond acceptors (Lipinski definition) is 5. The van der Waals surface area contributed by atoms with Crippen molar-refractivity contribution in [3.05, 3.63) is 11.2 Å². The van der Waals surface area contributed by atoms with Gasteiger partial charge in [-0.3, -0.25) is 0 Å². The van der Waals surface area contributed by atoms with Crippen molar-refractivity contribution in [3.63, 3.8) is 0 Å². The lowest BCUT2D eigenvalue weighted by atomic mass is 10.1. The summed E-state index contributed by atoms with van der Waals surface area (Å²) in [6, 6.07) is 0. The Balaban J connectivity index is 2.90. The van der Waals surface area contributed by atoms with Crippen LogP contribution in [0.3, 0.4) is 0 Å². The summed E-state index contributed by atoms with van der Waals surface area (Å²) in [5.41, 5.74) is -0.514. The molecule has 0 aromatic carbocycles. The van der Waals surface area contributed by atoms with Crippen LogP contribution in [0.5, 0.6) is 0 Å². The molecule has 16 heavy (non-hydrogen) atoms. The highest BCUT2D eigenvalue weighted by atomic mass is 32.2. The number of aliphatic hydroxyl groups is 1. The average molecular weight is 264 g/mol. The zero-order valence-corrected chi connectivity index (χ0v) is 11.2. The van der Waals surface area contributed by atoms with Crippen LogP contribution >= 0.6 is 11.3 Å². The van der Waals surface area contributed by atoms with E-state index >= 15 is 0 Å². The van der Waals surface area contributed by atoms with Gasteiger partial charge in [-0.1, -0.05) is 0 Å². The van der Waals surface area contributed by atoms with Gasteiger partial charge in [-0.25, -0.2) is 18.1 Å². The molecule has 0 unspecified atom stereocenters. The molecule has 0 atom stereocenters. The molecule has 0 aliphatic carbocycles. The summed E-state index contributed by atoms with van der Waals surface area (Å²) < 4.78 is 26.5. The van der Waals surface area contributed by atoms with Crippen LogP contribution < -0.4 is 4.72 Å². The molecule has 1 aromatic heterocycles. The average Bonchev–Trinajstić information content (AvgIpc) is 2.49. The summed E-state index contributed by atoms with van der Waals surface area (Å²) in [5, 5.41) is 9.34. The van der Waals surface area contributed by atoms with Crippen molar-refractivity contribution in [1.29, 1.82) is 0 Å². The van der Waals surface area contributed by atoms with E-state index < -0.39 is 15.6 Å². The summed E-state index contributed by atoms with van der Waals surface area (Å²) in [7, 11) is -3.49. The second-order valence-corrected chi connectivity index (χ2v) is 7.43. The second-order valence-electron chi connectivity index (χ2n) is 4.40. The van der Waals surface area contributed by atoms with Crippen molar-refractivity contribution in [2.45, 2.75) is 36.9 Å². The van der Waals surface area contributed by atoms with Gasteiger partial charge in [0.15, 0.2) is 4.21 Å². The Kier molecular flexibility index (Phi) is 4.06. The van der Waals surface area contributed by atoms with E-state index in [0.29, 0.717) is 11.4 Å². The molecule has 0 amide bonds. The molecule has 0 saturated carbocycles. The quantitative estimate of drug-likeness (QED) is 0.841. The summed E-state index contributed by atoms with van der Waals surface area (Å²) in [6.45, 7) is 5.31. The first kappa shape index (κ1) is 13.6. The smallest absolute Gasteiger partial charge is 0.252 e. The fraction of sp³-hybridized carbons (Fsp3) is 0.667. The van der Waals surface area contributed by atoms with E-state index in [-0.39, 0.29) is 10.8 Å². The first-order valence-corrected chi connectivity index (χ1v) is 7.14. The molecular weight excluding hydrogens is 248 g/mol. The van der Waals surface area contributed by atoms with Gasteiger partial charge in [-0.15, -0.1) is 11.3 Å². The molecule has 1 heterocycles. The first-order chi connectivity index (χ1) is 7.24. The minimum atomic E-state index is -3.49. The topological polar surface area (TPSA) is 79.3 Å². The number of nitrogens with one attached hydrogen (secondary N) is 1. The maximum atomic E-state index is 11.9. The number of hydrogen-bond donors (Lipinski definition) is 2. The number of nitrogens with zero attached hydrogens (tertiary/aromatic N) is 1. The standard InChI is InChI=1S/C9H16N2O3S2/c1-9(2,3)11-16(13,14)8-6-10-7(15-8)4-5-12/h6,11-12H,4-5H2,1-3H3. The summed E-state index contributed by atoms with van der Waals surface area (Å²) >= 11 is 1.08. The van der Waals surface area contributed by atoms with Gasteiger partial charge in [0, 0.05) is 18.6 Å². The molecule has 0 aliphatic rings. The normalized spacial score (nSPS) is 13.0. The molecule has 5 nitrogen and oxygen atoms in total. The Labute approximate surface area is 99.6 Å². The van der Waals surface area contributed by atoms with E-state index in [1.54, 1.807) is 20.8 Å². The SMILES string of the molecule is CC(C)(C)NS(=O)(=O)c1cnc(CCO)s1. The van der Waals surface area contributed by atoms with Gasteiger partial charge in [0.1, 0.15) is 0 Å². The Morgan fingerprint density at radius 2 is 2.12 bits per heavy atom. The summed E-state index contributed by atoms with van der Waals surface area (Å²) in [5.74, 6) is 0.